The van der Waals surface area contributed by atoms with Crippen molar-refractivity contribution in [1.29, 1.82) is 0 Å². The molecule has 0 spiro atoms. The fourth-order valence-corrected chi connectivity index (χ4v) is 2.75. The third-order valence-electron chi connectivity index (χ3n) is 3.50. The topological polar surface area (TPSA) is 46.4 Å². The molecule has 0 aliphatic heterocycles. The average Bonchev–Trinajstić information content (AvgIpc) is 2.91. The first-order valence-corrected chi connectivity index (χ1v) is 7.90. The maximum absolute atomic E-state index is 12.1. The van der Waals surface area contributed by atoms with Gasteiger partial charge in [0, 0.05) is 34.9 Å². The maximum Gasteiger partial charge on any atom is 0.251 e. The van der Waals surface area contributed by atoms with Crippen molar-refractivity contribution >= 4 is 27.5 Å². The molecule has 0 aliphatic carbocycles. The Bertz CT molecular complexity index is 826. The first-order valence-electron chi connectivity index (χ1n) is 7.11. The van der Waals surface area contributed by atoms with Gasteiger partial charge in [0.15, 0.2) is 0 Å². The quantitative estimate of drug-likeness (QED) is 0.777. The van der Waals surface area contributed by atoms with Gasteiger partial charge in [0.05, 0.1) is 5.69 Å². The summed E-state index contributed by atoms with van der Waals surface area (Å²) >= 11 is 3.37. The van der Waals surface area contributed by atoms with Crippen molar-refractivity contribution in [2.45, 2.75) is 13.3 Å². The minimum Gasteiger partial charge on any atom is -0.352 e. The van der Waals surface area contributed by atoms with Gasteiger partial charge in [-0.1, -0.05) is 28.1 Å². The fourth-order valence-electron chi connectivity index (χ4n) is 2.36. The lowest BCUT2D eigenvalue weighted by molar-refractivity contribution is 0.0954. The van der Waals surface area contributed by atoms with Crippen molar-refractivity contribution in [2.75, 3.05) is 6.54 Å². The minimum atomic E-state index is -0.0683. The van der Waals surface area contributed by atoms with Gasteiger partial charge >= 0.3 is 0 Å². The number of rotatable bonds is 4. The van der Waals surface area contributed by atoms with Gasteiger partial charge in [-0.3, -0.25) is 4.79 Å². The van der Waals surface area contributed by atoms with Crippen LogP contribution >= 0.6 is 15.9 Å². The van der Waals surface area contributed by atoms with Crippen molar-refractivity contribution < 1.29 is 4.79 Å². The second-order valence-electron chi connectivity index (χ2n) is 5.14. The predicted octanol–water partition coefficient (Wildman–Crippen LogP) is 3.38. The van der Waals surface area contributed by atoms with Crippen LogP contribution < -0.4 is 5.32 Å². The summed E-state index contributed by atoms with van der Waals surface area (Å²) in [6.07, 6.45) is 2.73. The highest BCUT2D eigenvalue weighted by molar-refractivity contribution is 9.10. The normalized spacial score (nSPS) is 10.8. The number of carbonyl (C=O) groups excluding carboxylic acids is 1. The number of aromatic nitrogens is 2. The Morgan fingerprint density at radius 1 is 1.27 bits per heavy atom. The number of benzene rings is 1. The van der Waals surface area contributed by atoms with Crippen LogP contribution in [0.2, 0.25) is 0 Å². The highest BCUT2D eigenvalue weighted by Gasteiger charge is 2.07. The summed E-state index contributed by atoms with van der Waals surface area (Å²) in [4.78, 5) is 16.6. The van der Waals surface area contributed by atoms with E-state index in [2.05, 4.69) is 30.6 Å². The van der Waals surface area contributed by atoms with Crippen LogP contribution in [-0.4, -0.2) is 21.8 Å². The number of carbonyl (C=O) groups is 1. The zero-order valence-electron chi connectivity index (χ0n) is 12.2. The highest BCUT2D eigenvalue weighted by Crippen LogP contribution is 2.12. The second-order valence-corrected chi connectivity index (χ2v) is 6.06. The zero-order valence-corrected chi connectivity index (χ0v) is 13.8. The lowest BCUT2D eigenvalue weighted by Gasteiger charge is -2.04. The molecular weight excluding hydrogens is 342 g/mol. The lowest BCUT2D eigenvalue weighted by atomic mass is 10.2. The molecule has 0 unspecified atom stereocenters. The number of fused-ring (bicyclic) bond motifs is 1. The van der Waals surface area contributed by atoms with E-state index in [0.29, 0.717) is 18.5 Å². The molecule has 0 saturated carbocycles. The van der Waals surface area contributed by atoms with Crippen LogP contribution in [-0.2, 0) is 6.42 Å². The Morgan fingerprint density at radius 3 is 2.86 bits per heavy atom. The number of amides is 1. The van der Waals surface area contributed by atoms with Crippen LogP contribution in [0.3, 0.4) is 0 Å². The Kier molecular flexibility index (Phi) is 4.24. The van der Waals surface area contributed by atoms with Crippen LogP contribution in [0.25, 0.3) is 5.65 Å². The molecule has 3 aromatic rings. The van der Waals surface area contributed by atoms with E-state index in [-0.39, 0.29) is 5.91 Å². The molecule has 1 N–H and O–H groups in total. The van der Waals surface area contributed by atoms with Gasteiger partial charge in [-0.25, -0.2) is 4.98 Å². The number of hydrogen-bond acceptors (Lipinski definition) is 2. The zero-order chi connectivity index (χ0) is 15.5. The average molecular weight is 358 g/mol. The molecule has 0 fully saturated rings. The Labute approximate surface area is 137 Å². The smallest absolute Gasteiger partial charge is 0.251 e. The largest absolute Gasteiger partial charge is 0.352 e. The molecule has 0 aliphatic rings. The molecule has 4 nitrogen and oxygen atoms in total. The highest BCUT2D eigenvalue weighted by atomic mass is 79.9. The van der Waals surface area contributed by atoms with Crippen LogP contribution in [0.5, 0.6) is 0 Å². The molecule has 22 heavy (non-hydrogen) atoms. The van der Waals surface area contributed by atoms with Crippen molar-refractivity contribution in [3.05, 3.63) is 70.1 Å². The third kappa shape index (κ3) is 3.20. The van der Waals surface area contributed by atoms with Crippen molar-refractivity contribution in [1.82, 2.24) is 14.7 Å². The number of nitrogens with one attached hydrogen (secondary N) is 1. The molecule has 3 rings (SSSR count). The number of halogens is 1. The number of hydrogen-bond donors (Lipinski definition) is 1. The summed E-state index contributed by atoms with van der Waals surface area (Å²) in [6.45, 7) is 2.61. The minimum absolute atomic E-state index is 0.0683. The standard InChI is InChI=1S/C17H16BrN3O/c1-12-4-2-7-16-20-15(11-21(12)16)8-9-19-17(22)13-5-3-6-14(18)10-13/h2-7,10-11H,8-9H2,1H3,(H,19,22). The van der Waals surface area contributed by atoms with Crippen LogP contribution in [0.1, 0.15) is 21.7 Å². The molecule has 112 valence electrons. The maximum atomic E-state index is 12.1. The van der Waals surface area contributed by atoms with Crippen LogP contribution in [0.4, 0.5) is 0 Å². The molecule has 0 saturated heterocycles. The summed E-state index contributed by atoms with van der Waals surface area (Å²) < 4.78 is 2.96. The van der Waals surface area contributed by atoms with E-state index < -0.39 is 0 Å². The van der Waals surface area contributed by atoms with Crippen molar-refractivity contribution in [2.24, 2.45) is 0 Å². The molecule has 1 amide bonds. The molecule has 0 bridgehead atoms. The molecule has 0 atom stereocenters. The molecule has 1 aromatic carbocycles. The number of aryl methyl sites for hydroxylation is 1. The van der Waals surface area contributed by atoms with Gasteiger partial charge in [0.1, 0.15) is 5.65 Å². The first kappa shape index (κ1) is 14.8. The second kappa shape index (κ2) is 6.32. The van der Waals surface area contributed by atoms with E-state index in [1.54, 1.807) is 6.07 Å². The SMILES string of the molecule is Cc1cccc2nc(CCNC(=O)c3cccc(Br)c3)cn12. The number of imidazole rings is 1. The van der Waals surface area contributed by atoms with Gasteiger partial charge in [-0.15, -0.1) is 0 Å². The number of nitrogens with zero attached hydrogens (tertiary/aromatic N) is 2. The fraction of sp³-hybridized carbons (Fsp3) is 0.176. The summed E-state index contributed by atoms with van der Waals surface area (Å²) in [5, 5.41) is 2.92. The van der Waals surface area contributed by atoms with Gasteiger partial charge in [0.2, 0.25) is 0 Å². The third-order valence-corrected chi connectivity index (χ3v) is 3.99. The Morgan fingerprint density at radius 2 is 2.09 bits per heavy atom. The Hall–Kier alpha value is -2.14. The van der Waals surface area contributed by atoms with Crippen molar-refractivity contribution in [3.8, 4) is 0 Å². The van der Waals surface area contributed by atoms with E-state index >= 15 is 0 Å². The van der Waals surface area contributed by atoms with Crippen LogP contribution in [0, 0.1) is 6.92 Å². The van der Waals surface area contributed by atoms with E-state index in [0.717, 1.165) is 21.5 Å². The lowest BCUT2D eigenvalue weighted by Crippen LogP contribution is -2.25. The van der Waals surface area contributed by atoms with Crippen molar-refractivity contribution in [3.63, 3.8) is 0 Å². The molecule has 5 heteroatoms. The van der Waals surface area contributed by atoms with Gasteiger partial charge in [0.25, 0.3) is 5.91 Å². The van der Waals surface area contributed by atoms with Gasteiger partial charge in [-0.2, -0.15) is 0 Å². The summed E-state index contributed by atoms with van der Waals surface area (Å²) in [5.41, 5.74) is 3.71. The van der Waals surface area contributed by atoms with E-state index in [1.807, 2.05) is 49.5 Å². The molecule has 2 aromatic heterocycles. The number of pyridine rings is 1. The first-order chi connectivity index (χ1) is 10.6. The summed E-state index contributed by atoms with van der Waals surface area (Å²) in [5.74, 6) is -0.0683. The van der Waals surface area contributed by atoms with E-state index in [1.165, 1.54) is 0 Å². The van der Waals surface area contributed by atoms with E-state index in [4.69, 9.17) is 0 Å². The summed E-state index contributed by atoms with van der Waals surface area (Å²) in [7, 11) is 0. The van der Waals surface area contributed by atoms with Gasteiger partial charge < -0.3 is 9.72 Å². The molecule has 2 heterocycles. The van der Waals surface area contributed by atoms with E-state index in [9.17, 15) is 4.79 Å². The predicted molar refractivity (Wildman–Crippen MR) is 90.1 cm³/mol. The Balaban J connectivity index is 1.62. The molecule has 0 radical (unpaired) electrons. The molecular formula is C17H16BrN3O. The summed E-state index contributed by atoms with van der Waals surface area (Å²) in [6, 6.07) is 13.4. The monoisotopic (exact) mass is 357 g/mol. The van der Waals surface area contributed by atoms with Crippen LogP contribution in [0.15, 0.2) is 53.1 Å². The van der Waals surface area contributed by atoms with Gasteiger partial charge in [-0.05, 0) is 37.3 Å².